The second kappa shape index (κ2) is 7.83. The molecule has 1 aliphatic heterocycles. The van der Waals surface area contributed by atoms with E-state index >= 15 is 0 Å². The summed E-state index contributed by atoms with van der Waals surface area (Å²) < 4.78 is 5.32. The van der Waals surface area contributed by atoms with Crippen molar-refractivity contribution in [2.24, 2.45) is 0 Å². The SMILES string of the molecule is CC[C@@H](SC)C(=O)O[C@H](C)C(=O)c1ccc2c(c1)CCN2C(C)=O. The number of Topliss-reactive ketones (excluding diaryl/α,β-unsaturated/α-hetero) is 1. The number of thioether (sulfide) groups is 1. The largest absolute Gasteiger partial charge is 0.453 e. The molecular weight excluding hydrogens is 326 g/mol. The molecule has 0 bridgehead atoms. The number of carbonyl (C=O) groups excluding carboxylic acids is 3. The van der Waals surface area contributed by atoms with Crippen LogP contribution in [-0.4, -0.2) is 41.8 Å². The lowest BCUT2D eigenvalue weighted by atomic mass is 10.0. The van der Waals surface area contributed by atoms with Crippen LogP contribution >= 0.6 is 11.8 Å². The number of esters is 1. The Morgan fingerprint density at radius 1 is 1.33 bits per heavy atom. The van der Waals surface area contributed by atoms with Crippen molar-refractivity contribution < 1.29 is 19.1 Å². The Bertz CT molecular complexity index is 654. The molecule has 0 fully saturated rings. The summed E-state index contributed by atoms with van der Waals surface area (Å²) in [5.41, 5.74) is 2.35. The van der Waals surface area contributed by atoms with Crippen LogP contribution in [0.5, 0.6) is 0 Å². The molecule has 0 saturated carbocycles. The van der Waals surface area contributed by atoms with Gasteiger partial charge in [0.25, 0.3) is 0 Å². The molecule has 2 atom stereocenters. The van der Waals surface area contributed by atoms with Crippen molar-refractivity contribution in [3.8, 4) is 0 Å². The predicted octanol–water partition coefficient (Wildman–Crippen LogP) is 2.85. The van der Waals surface area contributed by atoms with E-state index in [0.29, 0.717) is 18.5 Å². The molecule has 0 saturated heterocycles. The molecule has 24 heavy (non-hydrogen) atoms. The van der Waals surface area contributed by atoms with Crippen molar-refractivity contribution in [1.82, 2.24) is 0 Å². The van der Waals surface area contributed by atoms with Crippen LogP contribution in [0.25, 0.3) is 0 Å². The highest BCUT2D eigenvalue weighted by atomic mass is 32.2. The number of anilines is 1. The molecule has 0 spiro atoms. The molecule has 6 heteroatoms. The molecule has 0 N–H and O–H groups in total. The zero-order valence-corrected chi connectivity index (χ0v) is 15.3. The molecule has 2 rings (SSSR count). The Hall–Kier alpha value is -1.82. The van der Waals surface area contributed by atoms with Crippen LogP contribution in [0.15, 0.2) is 18.2 Å². The van der Waals surface area contributed by atoms with Gasteiger partial charge < -0.3 is 9.64 Å². The fraction of sp³-hybridized carbons (Fsp3) is 0.500. The number of hydrogen-bond donors (Lipinski definition) is 0. The minimum absolute atomic E-state index is 0.00204. The van der Waals surface area contributed by atoms with Crippen molar-refractivity contribution in [1.29, 1.82) is 0 Å². The van der Waals surface area contributed by atoms with Crippen molar-refractivity contribution in [3.63, 3.8) is 0 Å². The summed E-state index contributed by atoms with van der Waals surface area (Å²) in [5, 5.41) is -0.246. The van der Waals surface area contributed by atoms with E-state index in [1.165, 1.54) is 18.7 Å². The number of carbonyl (C=O) groups is 3. The van der Waals surface area contributed by atoms with Crippen LogP contribution in [0.3, 0.4) is 0 Å². The average molecular weight is 349 g/mol. The first-order valence-electron chi connectivity index (χ1n) is 8.07. The summed E-state index contributed by atoms with van der Waals surface area (Å²) in [5.74, 6) is -0.573. The van der Waals surface area contributed by atoms with Gasteiger partial charge in [0.1, 0.15) is 5.25 Å². The molecule has 130 valence electrons. The third-order valence-electron chi connectivity index (χ3n) is 4.22. The van der Waals surface area contributed by atoms with Crippen LogP contribution in [0.1, 0.15) is 43.1 Å². The Balaban J connectivity index is 2.10. The molecule has 1 amide bonds. The highest BCUT2D eigenvalue weighted by molar-refractivity contribution is 7.99. The van der Waals surface area contributed by atoms with E-state index in [1.807, 2.05) is 13.2 Å². The second-order valence-corrected chi connectivity index (χ2v) is 6.88. The van der Waals surface area contributed by atoms with Crippen molar-refractivity contribution in [2.75, 3.05) is 17.7 Å². The maximum atomic E-state index is 12.5. The first-order chi connectivity index (χ1) is 11.4. The van der Waals surface area contributed by atoms with Gasteiger partial charge in [-0.2, -0.15) is 11.8 Å². The fourth-order valence-corrected chi connectivity index (χ4v) is 3.43. The van der Waals surface area contributed by atoms with Gasteiger partial charge in [-0.3, -0.25) is 14.4 Å². The van der Waals surface area contributed by atoms with Crippen molar-refractivity contribution >= 4 is 35.1 Å². The predicted molar refractivity (Wildman–Crippen MR) is 95.7 cm³/mol. The standard InChI is InChI=1S/C18H23NO4S/c1-5-16(24-4)18(22)23-11(2)17(21)14-6-7-15-13(10-14)8-9-19(15)12(3)20/h6-7,10-11,16H,5,8-9H2,1-4H3/t11-,16-/m1/s1. The molecule has 0 unspecified atom stereocenters. The van der Waals surface area contributed by atoms with Crippen molar-refractivity contribution in [2.45, 2.75) is 45.0 Å². The number of amides is 1. The van der Waals surface area contributed by atoms with Crippen LogP contribution in [-0.2, 0) is 20.7 Å². The number of hydrogen-bond acceptors (Lipinski definition) is 5. The van der Waals surface area contributed by atoms with Gasteiger partial charge in [0.05, 0.1) is 0 Å². The molecule has 1 heterocycles. The van der Waals surface area contributed by atoms with E-state index in [4.69, 9.17) is 4.74 Å². The van der Waals surface area contributed by atoms with Crippen molar-refractivity contribution in [3.05, 3.63) is 29.3 Å². The minimum atomic E-state index is -0.818. The topological polar surface area (TPSA) is 63.7 Å². The van der Waals surface area contributed by atoms with Gasteiger partial charge in [0.15, 0.2) is 6.10 Å². The van der Waals surface area contributed by atoms with Crippen LogP contribution in [0.2, 0.25) is 0 Å². The molecule has 0 aliphatic carbocycles. The van der Waals surface area contributed by atoms with Gasteiger partial charge in [-0.25, -0.2) is 0 Å². The second-order valence-electron chi connectivity index (χ2n) is 5.84. The smallest absolute Gasteiger partial charge is 0.319 e. The highest BCUT2D eigenvalue weighted by Gasteiger charge is 2.27. The molecule has 1 aliphatic rings. The Morgan fingerprint density at radius 2 is 2.04 bits per heavy atom. The quantitative estimate of drug-likeness (QED) is 0.584. The number of rotatable bonds is 6. The van der Waals surface area contributed by atoms with E-state index in [2.05, 4.69) is 0 Å². The summed E-state index contributed by atoms with van der Waals surface area (Å²) in [7, 11) is 0. The Morgan fingerprint density at radius 3 is 2.62 bits per heavy atom. The fourth-order valence-electron chi connectivity index (χ4n) is 2.85. The molecule has 5 nitrogen and oxygen atoms in total. The molecule has 0 aromatic heterocycles. The molecular formula is C18H23NO4S. The summed E-state index contributed by atoms with van der Waals surface area (Å²) in [6, 6.07) is 5.29. The summed E-state index contributed by atoms with van der Waals surface area (Å²) in [6.45, 7) is 5.68. The van der Waals surface area contributed by atoms with Gasteiger partial charge in [-0.05, 0) is 49.8 Å². The lowest BCUT2D eigenvalue weighted by molar-refractivity contribution is -0.145. The highest BCUT2D eigenvalue weighted by Crippen LogP contribution is 2.29. The maximum Gasteiger partial charge on any atom is 0.319 e. The maximum absolute atomic E-state index is 12.5. The van der Waals surface area contributed by atoms with Crippen LogP contribution in [0, 0.1) is 0 Å². The molecule has 0 radical (unpaired) electrons. The number of fused-ring (bicyclic) bond motifs is 1. The summed E-state index contributed by atoms with van der Waals surface area (Å²) in [4.78, 5) is 37.8. The lowest BCUT2D eigenvalue weighted by Gasteiger charge is -2.17. The lowest BCUT2D eigenvalue weighted by Crippen LogP contribution is -2.29. The third-order valence-corrected chi connectivity index (χ3v) is 5.31. The van der Waals surface area contributed by atoms with E-state index in [1.54, 1.807) is 30.0 Å². The van der Waals surface area contributed by atoms with Crippen LogP contribution < -0.4 is 4.90 Å². The zero-order valence-electron chi connectivity index (χ0n) is 14.5. The zero-order chi connectivity index (χ0) is 17.9. The number of benzene rings is 1. The van der Waals surface area contributed by atoms with Crippen LogP contribution in [0.4, 0.5) is 5.69 Å². The van der Waals surface area contributed by atoms with Gasteiger partial charge in [0.2, 0.25) is 11.7 Å². The first-order valence-corrected chi connectivity index (χ1v) is 9.36. The number of nitrogens with zero attached hydrogens (tertiary/aromatic N) is 1. The normalized spacial score (nSPS) is 15.6. The van der Waals surface area contributed by atoms with Gasteiger partial charge >= 0.3 is 5.97 Å². The van der Waals surface area contributed by atoms with Gasteiger partial charge in [-0.15, -0.1) is 0 Å². The Kier molecular flexibility index (Phi) is 6.04. The van der Waals surface area contributed by atoms with E-state index in [0.717, 1.165) is 17.7 Å². The number of ketones is 1. The Labute approximate surface area is 146 Å². The average Bonchev–Trinajstić information content (AvgIpc) is 2.98. The monoisotopic (exact) mass is 349 g/mol. The van der Waals surface area contributed by atoms with Gasteiger partial charge in [-0.1, -0.05) is 6.92 Å². The third kappa shape index (κ3) is 3.80. The van der Waals surface area contributed by atoms with E-state index < -0.39 is 6.10 Å². The van der Waals surface area contributed by atoms with E-state index in [9.17, 15) is 14.4 Å². The molecule has 1 aromatic rings. The summed E-state index contributed by atoms with van der Waals surface area (Å²) in [6.07, 6.45) is 2.43. The summed E-state index contributed by atoms with van der Waals surface area (Å²) >= 11 is 1.42. The van der Waals surface area contributed by atoms with E-state index in [-0.39, 0.29) is 22.9 Å². The van der Waals surface area contributed by atoms with Gasteiger partial charge in [0, 0.05) is 24.7 Å². The first kappa shape index (κ1) is 18.5. The number of ether oxygens (including phenoxy) is 1. The molecule has 1 aromatic carbocycles. The minimum Gasteiger partial charge on any atom is -0.453 e.